The van der Waals surface area contributed by atoms with Gasteiger partial charge >= 0.3 is 6.09 Å². The van der Waals surface area contributed by atoms with Gasteiger partial charge in [-0.3, -0.25) is 4.79 Å². The molecule has 0 radical (unpaired) electrons. The average Bonchev–Trinajstić information content (AvgIpc) is 2.28. The monoisotopic (exact) mass is 254 g/mol. The summed E-state index contributed by atoms with van der Waals surface area (Å²) in [6.45, 7) is 0. The molecule has 1 heterocycles. The maximum absolute atomic E-state index is 11.9. The Morgan fingerprint density at radius 1 is 1.53 bits per heavy atom. The van der Waals surface area contributed by atoms with Crippen LogP contribution in [0.2, 0.25) is 5.28 Å². The molecule has 0 aliphatic heterocycles. The van der Waals surface area contributed by atoms with Gasteiger partial charge in [0, 0.05) is 0 Å². The Kier molecular flexibility index (Phi) is 2.72. The molecule has 0 saturated heterocycles. The molecule has 0 atom stereocenters. The summed E-state index contributed by atoms with van der Waals surface area (Å²) in [5, 5.41) is 8.56. The summed E-state index contributed by atoms with van der Waals surface area (Å²) in [6.07, 6.45) is -1.47. The molecular weight excluding hydrogens is 248 g/mol. The number of benzene rings is 1. The van der Waals surface area contributed by atoms with Gasteiger partial charge in [0.25, 0.3) is 5.56 Å². The lowest BCUT2D eigenvalue weighted by atomic mass is 10.2. The minimum atomic E-state index is -1.47. The van der Waals surface area contributed by atoms with E-state index in [-0.39, 0.29) is 10.9 Å². The summed E-state index contributed by atoms with van der Waals surface area (Å²) in [6, 6.07) is 4.64. The molecule has 1 aromatic heterocycles. The number of methoxy groups -OCH3 is 1. The molecule has 0 spiro atoms. The molecule has 7 heteroatoms. The van der Waals surface area contributed by atoms with Gasteiger partial charge in [-0.25, -0.2) is 9.78 Å². The fraction of sp³-hybridized carbons (Fsp3) is 0.100. The second kappa shape index (κ2) is 4.06. The van der Waals surface area contributed by atoms with Crippen molar-refractivity contribution in [3.63, 3.8) is 0 Å². The van der Waals surface area contributed by atoms with Gasteiger partial charge in [-0.15, -0.1) is 0 Å². The van der Waals surface area contributed by atoms with E-state index in [9.17, 15) is 9.59 Å². The molecule has 2 aromatic rings. The van der Waals surface area contributed by atoms with E-state index in [1.165, 1.54) is 13.2 Å². The van der Waals surface area contributed by atoms with E-state index in [4.69, 9.17) is 21.4 Å². The van der Waals surface area contributed by atoms with E-state index >= 15 is 0 Å². The number of fused-ring (bicyclic) bond motifs is 1. The van der Waals surface area contributed by atoms with E-state index in [0.717, 1.165) is 0 Å². The third kappa shape index (κ3) is 1.72. The lowest BCUT2D eigenvalue weighted by Crippen LogP contribution is -2.27. The molecule has 88 valence electrons. The molecule has 0 bridgehead atoms. The van der Waals surface area contributed by atoms with Crippen LogP contribution in [0.25, 0.3) is 10.9 Å². The van der Waals surface area contributed by atoms with Gasteiger partial charge in [-0.1, -0.05) is 6.07 Å². The standard InChI is InChI=1S/C10H7ClN2O4/c1-17-6-4-2-3-5-7(6)12-9(11)13(8(5)14)10(15)16/h2-4H,1H3,(H,15,16). The van der Waals surface area contributed by atoms with Crippen LogP contribution in [0.15, 0.2) is 23.0 Å². The quantitative estimate of drug-likeness (QED) is 0.782. The summed E-state index contributed by atoms with van der Waals surface area (Å²) >= 11 is 5.65. The SMILES string of the molecule is COc1cccc2c(=O)n(C(=O)O)c(Cl)nc12. The number of rotatable bonds is 1. The molecular formula is C10H7ClN2O4. The molecule has 0 unspecified atom stereocenters. The first-order valence-corrected chi connectivity index (χ1v) is 4.92. The third-order valence-corrected chi connectivity index (χ3v) is 2.49. The first kappa shape index (κ1) is 11.4. The normalized spacial score (nSPS) is 10.5. The van der Waals surface area contributed by atoms with Crippen molar-refractivity contribution in [3.8, 4) is 5.75 Å². The van der Waals surface area contributed by atoms with Crippen molar-refractivity contribution in [3.05, 3.63) is 33.8 Å². The third-order valence-electron chi connectivity index (χ3n) is 2.23. The summed E-state index contributed by atoms with van der Waals surface area (Å²) < 4.78 is 5.40. The van der Waals surface area contributed by atoms with E-state index in [0.29, 0.717) is 10.3 Å². The van der Waals surface area contributed by atoms with Crippen molar-refractivity contribution in [2.24, 2.45) is 0 Å². The zero-order chi connectivity index (χ0) is 12.6. The van der Waals surface area contributed by atoms with Crippen molar-refractivity contribution in [1.29, 1.82) is 0 Å². The summed E-state index contributed by atoms with van der Waals surface area (Å²) in [5.41, 5.74) is -0.506. The van der Waals surface area contributed by atoms with E-state index in [1.807, 2.05) is 0 Å². The Hall–Kier alpha value is -2.08. The molecule has 0 saturated carbocycles. The van der Waals surface area contributed by atoms with Gasteiger partial charge in [-0.05, 0) is 23.7 Å². The van der Waals surface area contributed by atoms with Crippen molar-refractivity contribution in [2.75, 3.05) is 7.11 Å². The van der Waals surface area contributed by atoms with Crippen LogP contribution in [-0.2, 0) is 0 Å². The average molecular weight is 255 g/mol. The number of hydrogen-bond acceptors (Lipinski definition) is 4. The first-order chi connectivity index (χ1) is 8.06. The van der Waals surface area contributed by atoms with E-state index in [2.05, 4.69) is 4.98 Å². The Labute approximate surface area is 100 Å². The highest BCUT2D eigenvalue weighted by atomic mass is 35.5. The van der Waals surface area contributed by atoms with Crippen LogP contribution >= 0.6 is 11.6 Å². The van der Waals surface area contributed by atoms with Gasteiger partial charge in [0.1, 0.15) is 11.3 Å². The Morgan fingerprint density at radius 2 is 2.24 bits per heavy atom. The molecule has 0 aliphatic carbocycles. The molecule has 1 N–H and O–H groups in total. The number of carboxylic acid groups (broad SMARTS) is 1. The second-order valence-electron chi connectivity index (χ2n) is 3.16. The maximum atomic E-state index is 11.9. The second-order valence-corrected chi connectivity index (χ2v) is 3.50. The predicted molar refractivity (Wildman–Crippen MR) is 61.0 cm³/mol. The molecule has 2 rings (SSSR count). The van der Waals surface area contributed by atoms with Crippen LogP contribution < -0.4 is 10.3 Å². The number of ether oxygens (including phenoxy) is 1. The van der Waals surface area contributed by atoms with Crippen LogP contribution in [0.4, 0.5) is 4.79 Å². The zero-order valence-corrected chi connectivity index (χ0v) is 9.43. The van der Waals surface area contributed by atoms with E-state index in [1.54, 1.807) is 12.1 Å². The van der Waals surface area contributed by atoms with Crippen LogP contribution in [0.1, 0.15) is 0 Å². The molecule has 1 aromatic carbocycles. The first-order valence-electron chi connectivity index (χ1n) is 4.55. The largest absolute Gasteiger partial charge is 0.494 e. The highest BCUT2D eigenvalue weighted by molar-refractivity contribution is 6.29. The van der Waals surface area contributed by atoms with Crippen molar-refractivity contribution in [2.45, 2.75) is 0 Å². The molecule has 6 nitrogen and oxygen atoms in total. The van der Waals surface area contributed by atoms with Gasteiger partial charge in [-0.2, -0.15) is 4.57 Å². The predicted octanol–water partition coefficient (Wildman–Crippen LogP) is 1.58. The van der Waals surface area contributed by atoms with Crippen molar-refractivity contribution < 1.29 is 14.6 Å². The van der Waals surface area contributed by atoms with Gasteiger partial charge < -0.3 is 9.84 Å². The lowest BCUT2D eigenvalue weighted by molar-refractivity contribution is 0.195. The number of para-hydroxylation sites is 1. The van der Waals surface area contributed by atoms with Crippen LogP contribution in [0, 0.1) is 0 Å². The molecule has 0 aliphatic rings. The zero-order valence-electron chi connectivity index (χ0n) is 8.68. The minimum Gasteiger partial charge on any atom is -0.494 e. The van der Waals surface area contributed by atoms with Crippen LogP contribution in [0.5, 0.6) is 5.75 Å². The van der Waals surface area contributed by atoms with Gasteiger partial charge in [0.05, 0.1) is 12.5 Å². The van der Waals surface area contributed by atoms with Crippen molar-refractivity contribution in [1.82, 2.24) is 9.55 Å². The van der Waals surface area contributed by atoms with Gasteiger partial charge in [0.15, 0.2) is 0 Å². The Bertz CT molecular complexity index is 665. The fourth-order valence-electron chi connectivity index (χ4n) is 1.49. The summed E-state index contributed by atoms with van der Waals surface area (Å²) in [7, 11) is 1.42. The Morgan fingerprint density at radius 3 is 2.82 bits per heavy atom. The molecule has 0 amide bonds. The molecule has 17 heavy (non-hydrogen) atoms. The van der Waals surface area contributed by atoms with Crippen molar-refractivity contribution >= 4 is 28.6 Å². The van der Waals surface area contributed by atoms with Crippen LogP contribution in [-0.4, -0.2) is 27.9 Å². The Balaban J connectivity index is 2.96. The summed E-state index contributed by atoms with van der Waals surface area (Å²) in [4.78, 5) is 26.6. The molecule has 0 fully saturated rings. The lowest BCUT2D eigenvalue weighted by Gasteiger charge is -2.07. The van der Waals surface area contributed by atoms with Crippen LogP contribution in [0.3, 0.4) is 0 Å². The number of hydrogen-bond donors (Lipinski definition) is 1. The minimum absolute atomic E-state index is 0.135. The fourth-order valence-corrected chi connectivity index (χ4v) is 1.72. The topological polar surface area (TPSA) is 81.4 Å². The van der Waals surface area contributed by atoms with E-state index < -0.39 is 16.9 Å². The smallest absolute Gasteiger partial charge is 0.421 e. The maximum Gasteiger partial charge on any atom is 0.421 e. The number of aromatic nitrogens is 2. The highest BCUT2D eigenvalue weighted by Crippen LogP contribution is 2.22. The number of carbonyl (C=O) groups is 1. The summed E-state index contributed by atoms with van der Waals surface area (Å²) in [5.74, 6) is 0.360. The number of nitrogens with zero attached hydrogens (tertiary/aromatic N) is 2. The van der Waals surface area contributed by atoms with Gasteiger partial charge in [0.2, 0.25) is 5.28 Å². The number of halogens is 1. The highest BCUT2D eigenvalue weighted by Gasteiger charge is 2.16.